The molecule has 0 aliphatic heterocycles. The van der Waals surface area contributed by atoms with Crippen molar-refractivity contribution in [2.45, 2.75) is 63.3 Å². The Morgan fingerprint density at radius 1 is 1.29 bits per heavy atom. The molecule has 0 spiro atoms. The van der Waals surface area contributed by atoms with Gasteiger partial charge < -0.3 is 5.73 Å². The lowest BCUT2D eigenvalue weighted by molar-refractivity contribution is 0.141. The van der Waals surface area contributed by atoms with Crippen molar-refractivity contribution in [2.75, 3.05) is 13.1 Å². The summed E-state index contributed by atoms with van der Waals surface area (Å²) in [6.45, 7) is 6.16. The molecule has 21 heavy (non-hydrogen) atoms. The summed E-state index contributed by atoms with van der Waals surface area (Å²) in [4.78, 5) is 0.308. The van der Waals surface area contributed by atoms with Crippen molar-refractivity contribution in [1.82, 2.24) is 14.5 Å². The molecule has 1 aromatic rings. The fourth-order valence-electron chi connectivity index (χ4n) is 3.56. The molecule has 1 aliphatic carbocycles. The molecule has 2 rings (SSSR count). The van der Waals surface area contributed by atoms with Gasteiger partial charge in [-0.3, -0.25) is 5.10 Å². The van der Waals surface area contributed by atoms with E-state index in [9.17, 15) is 8.42 Å². The number of likely N-dealkylation sites (N-methyl/N-ethyl adjacent to an activating group) is 1. The summed E-state index contributed by atoms with van der Waals surface area (Å²) in [5, 5.41) is 6.80. The van der Waals surface area contributed by atoms with Crippen LogP contribution < -0.4 is 5.73 Å². The van der Waals surface area contributed by atoms with Crippen molar-refractivity contribution in [3.05, 3.63) is 11.4 Å². The van der Waals surface area contributed by atoms with Crippen LogP contribution in [0.1, 0.15) is 50.4 Å². The fraction of sp³-hybridized carbons (Fsp3) is 0.786. The van der Waals surface area contributed by atoms with E-state index in [0.717, 1.165) is 32.1 Å². The second-order valence-electron chi connectivity index (χ2n) is 5.92. The van der Waals surface area contributed by atoms with Crippen LogP contribution in [-0.2, 0) is 10.0 Å². The summed E-state index contributed by atoms with van der Waals surface area (Å²) >= 11 is 0. The van der Waals surface area contributed by atoms with E-state index in [1.165, 1.54) is 0 Å². The Morgan fingerprint density at radius 3 is 2.33 bits per heavy atom. The summed E-state index contributed by atoms with van der Waals surface area (Å²) in [5.41, 5.74) is 6.68. The highest BCUT2D eigenvalue weighted by Crippen LogP contribution is 2.37. The zero-order valence-corrected chi connectivity index (χ0v) is 14.0. The van der Waals surface area contributed by atoms with Gasteiger partial charge in [-0.05, 0) is 26.7 Å². The Morgan fingerprint density at radius 2 is 1.90 bits per heavy atom. The number of aryl methyl sites for hydroxylation is 2. The van der Waals surface area contributed by atoms with Crippen molar-refractivity contribution in [3.8, 4) is 0 Å². The molecule has 120 valence electrons. The highest BCUT2D eigenvalue weighted by molar-refractivity contribution is 7.89. The lowest BCUT2D eigenvalue weighted by Crippen LogP contribution is -2.57. The average Bonchev–Trinajstić information content (AvgIpc) is 2.80. The Bertz CT molecular complexity index is 569. The molecule has 1 aliphatic rings. The quantitative estimate of drug-likeness (QED) is 0.865. The van der Waals surface area contributed by atoms with Crippen molar-refractivity contribution in [2.24, 2.45) is 5.73 Å². The SMILES string of the molecule is CCN(C1(CN)CCCCC1)S(=O)(=O)c1c(C)n[nH]c1C. The first kappa shape index (κ1) is 16.5. The highest BCUT2D eigenvalue weighted by Gasteiger charge is 2.44. The molecule has 0 aromatic carbocycles. The predicted octanol–water partition coefficient (Wildman–Crippen LogP) is 1.70. The Labute approximate surface area is 127 Å². The lowest BCUT2D eigenvalue weighted by atomic mass is 9.81. The van der Waals surface area contributed by atoms with Crippen molar-refractivity contribution in [3.63, 3.8) is 0 Å². The zero-order valence-electron chi connectivity index (χ0n) is 13.1. The minimum absolute atomic E-state index is 0.308. The van der Waals surface area contributed by atoms with Crippen LogP contribution in [0.2, 0.25) is 0 Å². The van der Waals surface area contributed by atoms with E-state index in [-0.39, 0.29) is 0 Å². The van der Waals surface area contributed by atoms with E-state index < -0.39 is 15.6 Å². The van der Waals surface area contributed by atoms with Crippen LogP contribution in [-0.4, -0.2) is 41.5 Å². The van der Waals surface area contributed by atoms with Gasteiger partial charge in [0.1, 0.15) is 4.90 Å². The molecule has 7 heteroatoms. The topological polar surface area (TPSA) is 92.1 Å². The first-order chi connectivity index (χ1) is 9.89. The van der Waals surface area contributed by atoms with Gasteiger partial charge in [-0.15, -0.1) is 0 Å². The van der Waals surface area contributed by atoms with Crippen LogP contribution in [0.4, 0.5) is 0 Å². The summed E-state index contributed by atoms with van der Waals surface area (Å²) in [6, 6.07) is 0. The molecular formula is C14H26N4O2S. The summed E-state index contributed by atoms with van der Waals surface area (Å²) in [6.07, 6.45) is 4.90. The number of aromatic amines is 1. The maximum absolute atomic E-state index is 13.1. The van der Waals surface area contributed by atoms with Gasteiger partial charge in [0.25, 0.3) is 0 Å². The van der Waals surface area contributed by atoms with Crippen LogP contribution in [0, 0.1) is 13.8 Å². The molecule has 0 bridgehead atoms. The molecule has 0 radical (unpaired) electrons. The van der Waals surface area contributed by atoms with Gasteiger partial charge >= 0.3 is 0 Å². The van der Waals surface area contributed by atoms with Gasteiger partial charge in [-0.1, -0.05) is 26.2 Å². The average molecular weight is 314 g/mol. The third kappa shape index (κ3) is 2.74. The molecule has 1 fully saturated rings. The van der Waals surface area contributed by atoms with Gasteiger partial charge in [-0.2, -0.15) is 9.40 Å². The van der Waals surface area contributed by atoms with E-state index >= 15 is 0 Å². The number of nitrogens with zero attached hydrogens (tertiary/aromatic N) is 2. The third-order valence-electron chi connectivity index (χ3n) is 4.59. The smallest absolute Gasteiger partial charge is 0.247 e. The number of sulfonamides is 1. The molecule has 1 saturated carbocycles. The molecule has 0 atom stereocenters. The van der Waals surface area contributed by atoms with Gasteiger partial charge in [0, 0.05) is 18.6 Å². The van der Waals surface area contributed by atoms with Crippen LogP contribution >= 0.6 is 0 Å². The van der Waals surface area contributed by atoms with Crippen molar-refractivity contribution >= 4 is 10.0 Å². The van der Waals surface area contributed by atoms with E-state index in [4.69, 9.17) is 5.73 Å². The first-order valence-corrected chi connectivity index (χ1v) is 9.07. The standard InChI is InChI=1S/C14H26N4O2S/c1-4-18(14(10-15)8-6-5-7-9-14)21(19,20)13-11(2)16-17-12(13)3/h4-10,15H2,1-3H3,(H,16,17). The Hall–Kier alpha value is -0.920. The fourth-order valence-corrected chi connectivity index (χ4v) is 5.74. The Balaban J connectivity index is 2.49. The van der Waals surface area contributed by atoms with Crippen molar-refractivity contribution < 1.29 is 8.42 Å². The van der Waals surface area contributed by atoms with Gasteiger partial charge in [0.2, 0.25) is 10.0 Å². The van der Waals surface area contributed by atoms with Crippen LogP contribution in [0.3, 0.4) is 0 Å². The lowest BCUT2D eigenvalue weighted by Gasteiger charge is -2.44. The zero-order chi connectivity index (χ0) is 15.7. The van der Waals surface area contributed by atoms with Crippen LogP contribution in [0.15, 0.2) is 4.90 Å². The van der Waals surface area contributed by atoms with Gasteiger partial charge in [-0.25, -0.2) is 8.42 Å². The first-order valence-electron chi connectivity index (χ1n) is 7.63. The molecule has 1 aromatic heterocycles. The summed E-state index contributed by atoms with van der Waals surface area (Å²) in [5.74, 6) is 0. The molecule has 6 nitrogen and oxygen atoms in total. The third-order valence-corrected chi connectivity index (χ3v) is 6.93. The van der Waals surface area contributed by atoms with Crippen LogP contribution in [0.25, 0.3) is 0 Å². The highest BCUT2D eigenvalue weighted by atomic mass is 32.2. The van der Waals surface area contributed by atoms with Gasteiger partial charge in [0.05, 0.1) is 11.4 Å². The number of rotatable bonds is 5. The van der Waals surface area contributed by atoms with Crippen molar-refractivity contribution in [1.29, 1.82) is 0 Å². The minimum Gasteiger partial charge on any atom is -0.329 e. The normalized spacial score (nSPS) is 19.1. The maximum atomic E-state index is 13.1. The van der Waals surface area contributed by atoms with Gasteiger partial charge in [0.15, 0.2) is 0 Å². The molecule has 1 heterocycles. The number of H-pyrrole nitrogens is 1. The Kier molecular flexibility index (Phi) is 4.75. The summed E-state index contributed by atoms with van der Waals surface area (Å²) in [7, 11) is -3.58. The number of nitrogens with two attached hydrogens (primary N) is 1. The number of aromatic nitrogens is 2. The second-order valence-corrected chi connectivity index (χ2v) is 7.72. The molecule has 0 amide bonds. The largest absolute Gasteiger partial charge is 0.329 e. The molecular weight excluding hydrogens is 288 g/mol. The molecule has 3 N–H and O–H groups in total. The maximum Gasteiger partial charge on any atom is 0.247 e. The van der Waals surface area contributed by atoms with E-state index in [1.807, 2.05) is 6.92 Å². The number of hydrogen-bond acceptors (Lipinski definition) is 4. The molecule has 0 saturated heterocycles. The van der Waals surface area contributed by atoms with E-state index in [2.05, 4.69) is 10.2 Å². The predicted molar refractivity (Wildman–Crippen MR) is 82.5 cm³/mol. The molecule has 0 unspecified atom stereocenters. The van der Waals surface area contributed by atoms with E-state index in [1.54, 1.807) is 18.2 Å². The van der Waals surface area contributed by atoms with Crippen LogP contribution in [0.5, 0.6) is 0 Å². The monoisotopic (exact) mass is 314 g/mol. The number of nitrogens with one attached hydrogen (secondary N) is 1. The second kappa shape index (κ2) is 6.06. The summed E-state index contributed by atoms with van der Waals surface area (Å²) < 4.78 is 27.9. The number of hydrogen-bond donors (Lipinski definition) is 2. The minimum atomic E-state index is -3.58. The van der Waals surface area contributed by atoms with E-state index in [0.29, 0.717) is 29.4 Å².